The number of rotatable bonds is 6. The molecule has 1 nitrogen and oxygen atoms in total. The minimum Gasteiger partial charge on any atom is -0.316 e. The molecule has 2 rings (SSSR count). The van der Waals surface area contributed by atoms with E-state index in [4.69, 9.17) is 0 Å². The van der Waals surface area contributed by atoms with E-state index in [2.05, 4.69) is 43.4 Å². The topological polar surface area (TPSA) is 12.0 Å². The second-order valence-electron chi connectivity index (χ2n) is 6.48. The molecule has 1 saturated carbocycles. The fourth-order valence-electron chi connectivity index (χ4n) is 3.61. The molecule has 1 atom stereocenters. The van der Waals surface area contributed by atoms with Gasteiger partial charge in [0, 0.05) is 6.54 Å². The van der Waals surface area contributed by atoms with Crippen molar-refractivity contribution >= 4 is 0 Å². The molecule has 1 aromatic rings. The summed E-state index contributed by atoms with van der Waals surface area (Å²) in [5.74, 6) is 1.59. The second-order valence-corrected chi connectivity index (χ2v) is 6.48. The van der Waals surface area contributed by atoms with Crippen LogP contribution >= 0.6 is 0 Å². The molecule has 1 aliphatic carbocycles. The van der Waals surface area contributed by atoms with Crippen molar-refractivity contribution in [3.63, 3.8) is 0 Å². The molecule has 0 saturated heterocycles. The van der Waals surface area contributed by atoms with Crippen LogP contribution in [0.15, 0.2) is 24.3 Å². The Morgan fingerprint density at radius 3 is 2.55 bits per heavy atom. The Morgan fingerprint density at radius 1 is 1.15 bits per heavy atom. The van der Waals surface area contributed by atoms with Crippen LogP contribution in [0, 0.1) is 12.8 Å². The number of hydrogen-bond donors (Lipinski definition) is 1. The van der Waals surface area contributed by atoms with Crippen molar-refractivity contribution in [1.82, 2.24) is 5.32 Å². The van der Waals surface area contributed by atoms with Crippen LogP contribution in [0.1, 0.15) is 68.9 Å². The molecule has 0 heterocycles. The largest absolute Gasteiger partial charge is 0.316 e. The summed E-state index contributed by atoms with van der Waals surface area (Å²) in [4.78, 5) is 0. The minimum absolute atomic E-state index is 0.708. The lowest BCUT2D eigenvalue weighted by Gasteiger charge is -2.27. The van der Waals surface area contributed by atoms with Crippen molar-refractivity contribution in [3.8, 4) is 0 Å². The van der Waals surface area contributed by atoms with Gasteiger partial charge in [0.25, 0.3) is 0 Å². The molecule has 1 unspecified atom stereocenters. The summed E-state index contributed by atoms with van der Waals surface area (Å²) in [6.45, 7) is 6.77. The van der Waals surface area contributed by atoms with Gasteiger partial charge < -0.3 is 5.32 Å². The number of hydrogen-bond acceptors (Lipinski definition) is 1. The smallest absolute Gasteiger partial charge is 0.00228 e. The highest BCUT2D eigenvalue weighted by Gasteiger charge is 2.23. The number of nitrogens with one attached hydrogen (secondary N) is 1. The summed E-state index contributed by atoms with van der Waals surface area (Å²) in [6, 6.07) is 9.20. The Bertz CT molecular complexity index is 377. The average molecular weight is 273 g/mol. The third-order valence-corrected chi connectivity index (χ3v) is 4.73. The van der Waals surface area contributed by atoms with Gasteiger partial charge in [0.2, 0.25) is 0 Å². The monoisotopic (exact) mass is 273 g/mol. The third-order valence-electron chi connectivity index (χ3n) is 4.73. The lowest BCUT2D eigenvalue weighted by atomic mass is 9.81. The highest BCUT2D eigenvalue weighted by atomic mass is 14.9. The molecule has 20 heavy (non-hydrogen) atoms. The molecule has 1 heteroatoms. The van der Waals surface area contributed by atoms with Gasteiger partial charge in [-0.1, -0.05) is 62.4 Å². The summed E-state index contributed by atoms with van der Waals surface area (Å²) in [5.41, 5.74) is 2.96. The number of benzene rings is 1. The van der Waals surface area contributed by atoms with Crippen LogP contribution in [0.25, 0.3) is 0 Å². The van der Waals surface area contributed by atoms with Crippen LogP contribution in [-0.4, -0.2) is 13.1 Å². The van der Waals surface area contributed by atoms with Gasteiger partial charge in [-0.2, -0.15) is 0 Å². The third kappa shape index (κ3) is 4.63. The first-order valence-electron chi connectivity index (χ1n) is 8.58. The Balaban J connectivity index is 2.10. The van der Waals surface area contributed by atoms with E-state index in [9.17, 15) is 0 Å². The predicted molar refractivity (Wildman–Crippen MR) is 88.3 cm³/mol. The predicted octanol–water partition coefficient (Wildman–Crippen LogP) is 5.05. The van der Waals surface area contributed by atoms with Gasteiger partial charge in [-0.25, -0.2) is 0 Å². The zero-order valence-electron chi connectivity index (χ0n) is 13.3. The van der Waals surface area contributed by atoms with Crippen molar-refractivity contribution in [1.29, 1.82) is 0 Å². The molecular weight excluding hydrogens is 242 g/mol. The first kappa shape index (κ1) is 15.6. The second kappa shape index (κ2) is 8.46. The maximum Gasteiger partial charge on any atom is 0.00228 e. The molecule has 1 aliphatic rings. The van der Waals surface area contributed by atoms with E-state index in [0.29, 0.717) is 5.92 Å². The summed E-state index contributed by atoms with van der Waals surface area (Å²) < 4.78 is 0. The van der Waals surface area contributed by atoms with Gasteiger partial charge in [-0.3, -0.25) is 0 Å². The molecule has 0 radical (unpaired) electrons. The van der Waals surface area contributed by atoms with E-state index in [1.165, 1.54) is 50.5 Å². The summed E-state index contributed by atoms with van der Waals surface area (Å²) >= 11 is 0. The van der Waals surface area contributed by atoms with Crippen LogP contribution in [-0.2, 0) is 0 Å². The molecule has 0 aliphatic heterocycles. The van der Waals surface area contributed by atoms with Gasteiger partial charge in [0.1, 0.15) is 0 Å². The summed E-state index contributed by atoms with van der Waals surface area (Å²) in [6.07, 6.45) is 9.82. The number of aryl methyl sites for hydroxylation is 1. The Hall–Kier alpha value is -0.820. The van der Waals surface area contributed by atoms with Crippen LogP contribution in [0.3, 0.4) is 0 Å². The van der Waals surface area contributed by atoms with Crippen molar-refractivity contribution in [2.75, 3.05) is 13.1 Å². The molecule has 112 valence electrons. The van der Waals surface area contributed by atoms with Crippen LogP contribution < -0.4 is 5.32 Å². The van der Waals surface area contributed by atoms with E-state index < -0.39 is 0 Å². The van der Waals surface area contributed by atoms with E-state index in [-0.39, 0.29) is 0 Å². The molecular formula is C19H31N. The molecule has 0 amide bonds. The maximum atomic E-state index is 3.67. The highest BCUT2D eigenvalue weighted by Crippen LogP contribution is 2.35. The summed E-state index contributed by atoms with van der Waals surface area (Å²) in [7, 11) is 0. The van der Waals surface area contributed by atoms with Crippen molar-refractivity contribution < 1.29 is 0 Å². The van der Waals surface area contributed by atoms with Crippen LogP contribution in [0.5, 0.6) is 0 Å². The lowest BCUT2D eigenvalue weighted by Crippen LogP contribution is -2.27. The first-order chi connectivity index (χ1) is 9.81. The fourth-order valence-corrected chi connectivity index (χ4v) is 3.61. The zero-order chi connectivity index (χ0) is 14.2. The fraction of sp³-hybridized carbons (Fsp3) is 0.684. The van der Waals surface area contributed by atoms with Gasteiger partial charge in [-0.05, 0) is 50.1 Å². The van der Waals surface area contributed by atoms with E-state index in [1.54, 1.807) is 5.56 Å². The van der Waals surface area contributed by atoms with Gasteiger partial charge in [0.05, 0.1) is 0 Å². The van der Waals surface area contributed by atoms with Crippen molar-refractivity contribution in [2.24, 2.45) is 5.92 Å². The van der Waals surface area contributed by atoms with Crippen LogP contribution in [0.2, 0.25) is 0 Å². The first-order valence-corrected chi connectivity index (χ1v) is 8.58. The van der Waals surface area contributed by atoms with E-state index in [0.717, 1.165) is 19.0 Å². The quantitative estimate of drug-likeness (QED) is 0.565. The van der Waals surface area contributed by atoms with Crippen LogP contribution in [0.4, 0.5) is 0 Å². The zero-order valence-corrected chi connectivity index (χ0v) is 13.3. The van der Waals surface area contributed by atoms with Crippen molar-refractivity contribution in [2.45, 2.75) is 64.7 Å². The molecule has 1 aromatic carbocycles. The lowest BCUT2D eigenvalue weighted by molar-refractivity contribution is 0.361. The van der Waals surface area contributed by atoms with E-state index >= 15 is 0 Å². The molecule has 0 bridgehead atoms. The molecule has 0 spiro atoms. The molecule has 1 fully saturated rings. The van der Waals surface area contributed by atoms with Gasteiger partial charge >= 0.3 is 0 Å². The van der Waals surface area contributed by atoms with E-state index in [1.807, 2.05) is 0 Å². The highest BCUT2D eigenvalue weighted by molar-refractivity contribution is 5.26. The average Bonchev–Trinajstić information content (AvgIpc) is 2.72. The molecule has 0 aromatic heterocycles. The SMILES string of the molecule is CCCNCC(c1cccc(C)c1)C1CCCCCC1. The Kier molecular flexibility index (Phi) is 6.59. The Labute approximate surface area is 125 Å². The summed E-state index contributed by atoms with van der Waals surface area (Å²) in [5, 5.41) is 3.67. The Morgan fingerprint density at radius 2 is 1.90 bits per heavy atom. The van der Waals surface area contributed by atoms with Crippen molar-refractivity contribution in [3.05, 3.63) is 35.4 Å². The van der Waals surface area contributed by atoms with Gasteiger partial charge in [0.15, 0.2) is 0 Å². The normalized spacial score (nSPS) is 18.7. The van der Waals surface area contributed by atoms with Gasteiger partial charge in [-0.15, -0.1) is 0 Å². The minimum atomic E-state index is 0.708. The standard InChI is InChI=1S/C19H31N/c1-3-13-20-15-19(17-10-6-4-5-7-11-17)18-12-8-9-16(2)14-18/h8-9,12,14,17,19-20H,3-7,10-11,13,15H2,1-2H3. The molecule has 1 N–H and O–H groups in total. The maximum absolute atomic E-state index is 3.67.